The molecule has 3 unspecified atom stereocenters. The highest BCUT2D eigenvalue weighted by Gasteiger charge is 2.81. The van der Waals surface area contributed by atoms with Crippen LogP contribution in [0.4, 0.5) is 30.7 Å². The second kappa shape index (κ2) is 11.5. The summed E-state index contributed by atoms with van der Waals surface area (Å²) in [5, 5.41) is -3.68. The molecule has 0 amide bonds. The summed E-state index contributed by atoms with van der Waals surface area (Å²) in [6, 6.07) is 22.6. The van der Waals surface area contributed by atoms with Gasteiger partial charge in [0.1, 0.15) is 16.7 Å². The Morgan fingerprint density at radius 1 is 0.786 bits per heavy atom. The lowest BCUT2D eigenvalue weighted by Crippen LogP contribution is -2.64. The Bertz CT molecular complexity index is 1630. The zero-order valence-electron chi connectivity index (χ0n) is 21.2. The number of carbonyl (C=O) groups excluding carboxylic acids is 1. The van der Waals surface area contributed by atoms with Gasteiger partial charge in [0.25, 0.3) is 0 Å². The van der Waals surface area contributed by atoms with Gasteiger partial charge < -0.3 is 0 Å². The molecule has 216 valence electrons. The number of ketones is 1. The number of alkyl halides is 6. The Hall–Kier alpha value is -3.21. The molecule has 0 aliphatic heterocycles. The molecule has 4 aromatic rings. The van der Waals surface area contributed by atoms with Crippen molar-refractivity contribution in [2.24, 2.45) is 0 Å². The van der Waals surface area contributed by atoms with Crippen LogP contribution in [0.2, 0.25) is 5.02 Å². The van der Waals surface area contributed by atoms with E-state index in [4.69, 9.17) is 11.6 Å². The second-order valence-corrected chi connectivity index (χ2v) is 12.9. The quantitative estimate of drug-likeness (QED) is 0.0867. The summed E-state index contributed by atoms with van der Waals surface area (Å²) < 4.78 is 102. The van der Waals surface area contributed by atoms with Crippen LogP contribution < -0.4 is 0 Å². The fourth-order valence-electron chi connectivity index (χ4n) is 4.33. The fraction of sp³-hybridized carbons (Fsp3) is 0.129. The van der Waals surface area contributed by atoms with E-state index in [0.29, 0.717) is 9.79 Å². The average Bonchev–Trinajstić information content (AvgIpc) is 2.97. The van der Waals surface area contributed by atoms with Gasteiger partial charge in [-0.15, -0.1) is 0 Å². The smallest absolute Gasteiger partial charge is 0.289 e. The molecule has 42 heavy (non-hydrogen) atoms. The van der Waals surface area contributed by atoms with Crippen molar-refractivity contribution >= 4 is 40.0 Å². The normalized spacial score (nSPS) is 21.6. The topological polar surface area (TPSA) is 17.1 Å². The molecule has 0 aromatic heterocycles. The molecule has 1 aliphatic rings. The number of carbonyl (C=O) groups is 1. The van der Waals surface area contributed by atoms with Crippen molar-refractivity contribution in [1.82, 2.24) is 0 Å². The fourth-order valence-corrected chi connectivity index (χ4v) is 7.85. The summed E-state index contributed by atoms with van der Waals surface area (Å²) in [4.78, 5) is 13.8. The monoisotopic (exact) mass is 639 g/mol. The zero-order valence-corrected chi connectivity index (χ0v) is 23.6. The van der Waals surface area contributed by atoms with Crippen LogP contribution in [-0.4, -0.2) is 28.8 Å². The average molecular weight is 640 g/mol. The zero-order chi connectivity index (χ0) is 30.3. The minimum absolute atomic E-state index is 0.00294. The molecule has 0 fully saturated rings. The molecule has 4 aromatic carbocycles. The Kier molecular flexibility index (Phi) is 8.26. The van der Waals surface area contributed by atoms with E-state index in [-0.39, 0.29) is 43.9 Å². The number of hydrogen-bond acceptors (Lipinski definition) is 2. The highest BCUT2D eigenvalue weighted by Crippen LogP contribution is 2.57. The van der Waals surface area contributed by atoms with Gasteiger partial charge >= 0.3 is 16.8 Å². The lowest BCUT2D eigenvalue weighted by Gasteiger charge is -2.38. The minimum atomic E-state index is -5.35. The maximum atomic E-state index is 16.3. The van der Waals surface area contributed by atoms with E-state index in [1.165, 1.54) is 90.6 Å². The van der Waals surface area contributed by atoms with E-state index in [1.54, 1.807) is 18.2 Å². The van der Waals surface area contributed by atoms with E-state index in [9.17, 15) is 22.4 Å². The molecule has 1 nitrogen and oxygen atoms in total. The molecule has 0 heterocycles. The maximum Gasteiger partial charge on any atom is 0.396 e. The molecular formula is C31H19ClF7OS2+. The first-order chi connectivity index (χ1) is 19.8. The van der Waals surface area contributed by atoms with Crippen LogP contribution in [0.3, 0.4) is 0 Å². The summed E-state index contributed by atoms with van der Waals surface area (Å²) in [7, 11) is -2.27. The van der Waals surface area contributed by atoms with Gasteiger partial charge in [-0.1, -0.05) is 41.6 Å². The van der Waals surface area contributed by atoms with Crippen molar-refractivity contribution in [2.75, 3.05) is 0 Å². The van der Waals surface area contributed by atoms with Crippen molar-refractivity contribution in [1.29, 1.82) is 0 Å². The first-order valence-electron chi connectivity index (χ1n) is 12.3. The second-order valence-electron chi connectivity index (χ2n) is 9.28. The van der Waals surface area contributed by atoms with E-state index in [0.717, 1.165) is 0 Å². The number of allylic oxidation sites excluding steroid dienone is 1. The van der Waals surface area contributed by atoms with Crippen molar-refractivity contribution in [3.63, 3.8) is 0 Å². The molecular weight excluding hydrogens is 621 g/mol. The molecule has 0 N–H and O–H groups in total. The number of halogens is 8. The third-order valence-corrected chi connectivity index (χ3v) is 10.5. The highest BCUT2D eigenvalue weighted by atomic mass is 35.5. The Morgan fingerprint density at radius 2 is 1.38 bits per heavy atom. The number of hydrogen-bond donors (Lipinski definition) is 0. The van der Waals surface area contributed by atoms with Crippen LogP contribution >= 0.6 is 23.4 Å². The summed E-state index contributed by atoms with van der Waals surface area (Å²) >= 11 is 7.58. The molecule has 0 spiro atoms. The van der Waals surface area contributed by atoms with Gasteiger partial charge in [0.2, 0.25) is 0 Å². The van der Waals surface area contributed by atoms with Gasteiger partial charge in [-0.05, 0) is 84.9 Å². The number of benzene rings is 4. The highest BCUT2D eigenvalue weighted by molar-refractivity contribution is 7.99. The summed E-state index contributed by atoms with van der Waals surface area (Å²) in [5.74, 6) is -11.4. The third kappa shape index (κ3) is 5.36. The lowest BCUT2D eigenvalue weighted by atomic mass is 9.95. The largest absolute Gasteiger partial charge is 0.396 e. The van der Waals surface area contributed by atoms with Gasteiger partial charge in [-0.2, -0.15) is 22.0 Å². The van der Waals surface area contributed by atoms with Crippen LogP contribution in [0.5, 0.6) is 0 Å². The molecule has 0 bridgehead atoms. The molecule has 0 saturated heterocycles. The molecule has 1 aliphatic carbocycles. The van der Waals surface area contributed by atoms with Crippen molar-refractivity contribution in [2.45, 2.75) is 42.6 Å². The van der Waals surface area contributed by atoms with Crippen LogP contribution in [0.15, 0.2) is 129 Å². The van der Waals surface area contributed by atoms with Crippen LogP contribution in [0.1, 0.15) is 15.9 Å². The van der Waals surface area contributed by atoms with Gasteiger partial charge in [-0.3, -0.25) is 4.79 Å². The minimum Gasteiger partial charge on any atom is -0.289 e. The molecule has 11 heteroatoms. The van der Waals surface area contributed by atoms with Crippen LogP contribution in [0.25, 0.3) is 0 Å². The summed E-state index contributed by atoms with van der Waals surface area (Å²) in [6.45, 7) is 0. The molecule has 0 radical (unpaired) electrons. The first-order valence-corrected chi connectivity index (χ1v) is 14.7. The van der Waals surface area contributed by atoms with E-state index in [1.807, 2.05) is 0 Å². The van der Waals surface area contributed by atoms with Gasteiger partial charge in [0.05, 0.1) is 5.02 Å². The lowest BCUT2D eigenvalue weighted by molar-refractivity contribution is -0.262. The Labute approximate surface area is 248 Å². The van der Waals surface area contributed by atoms with Crippen LogP contribution in [-0.2, 0) is 10.9 Å². The third-order valence-electron chi connectivity index (χ3n) is 6.54. The maximum absolute atomic E-state index is 16.3. The van der Waals surface area contributed by atoms with Gasteiger partial charge in [0, 0.05) is 27.0 Å². The van der Waals surface area contributed by atoms with Crippen LogP contribution in [0, 0.1) is 5.82 Å². The van der Waals surface area contributed by atoms with Gasteiger partial charge in [0.15, 0.2) is 21.7 Å². The van der Waals surface area contributed by atoms with E-state index in [2.05, 4.69) is 0 Å². The van der Waals surface area contributed by atoms with E-state index >= 15 is 13.2 Å². The van der Waals surface area contributed by atoms with E-state index < -0.39 is 39.7 Å². The summed E-state index contributed by atoms with van der Waals surface area (Å²) in [5.41, 5.74) is 0.557. The van der Waals surface area contributed by atoms with Gasteiger partial charge in [-0.25, -0.2) is 8.78 Å². The Balaban J connectivity index is 1.44. The molecule has 0 saturated carbocycles. The Morgan fingerprint density at radius 3 is 2.00 bits per heavy atom. The van der Waals surface area contributed by atoms with Crippen molar-refractivity contribution < 1.29 is 35.5 Å². The van der Waals surface area contributed by atoms with Crippen molar-refractivity contribution in [3.05, 3.63) is 131 Å². The van der Waals surface area contributed by atoms with Crippen molar-refractivity contribution in [3.8, 4) is 0 Å². The summed E-state index contributed by atoms with van der Waals surface area (Å²) in [6.07, 6.45) is -2.97. The standard InChI is InChI=1S/C31H19ClF7OS2/c32-25-18-20(28(40)19-6-9-21(33)10-7-19)8-15-26(25)41-22-11-13-24(14-12-22)42(23-4-2-1-3-5-23)29(35)17-16-27(34)30(36,37)31(29,38)39/h1-18,27H/q+1. The SMILES string of the molecule is O=C(c1ccc(F)cc1)c1ccc(Sc2ccc([S+](c3ccccc3)C3(F)C=CC(F)C(F)(F)C3(F)F)cc2)c(Cl)c1. The predicted octanol–water partition coefficient (Wildman–Crippen LogP) is 9.74. The first kappa shape index (κ1) is 30.3. The molecule has 5 rings (SSSR count). The molecule has 3 atom stereocenters. The predicted molar refractivity (Wildman–Crippen MR) is 150 cm³/mol. The number of rotatable bonds is 7.